The maximum Gasteiger partial charge on any atom is 0.312 e. The molecule has 0 N–H and O–H groups in total. The van der Waals surface area contributed by atoms with Crippen molar-refractivity contribution in [2.45, 2.75) is 30.7 Å². The maximum absolute atomic E-state index is 13.1. The summed E-state index contributed by atoms with van der Waals surface area (Å²) in [6.45, 7) is 2.31. The van der Waals surface area contributed by atoms with Gasteiger partial charge in [0.25, 0.3) is 0 Å². The SMILES string of the molecule is CCC1c2ccsc2CCN1S(=O)(=O)c1ccc(OC)c([N+](=O)[O-])c1. The van der Waals surface area contributed by atoms with Gasteiger partial charge >= 0.3 is 5.69 Å². The monoisotopic (exact) mass is 382 g/mol. The van der Waals surface area contributed by atoms with E-state index in [0.29, 0.717) is 19.4 Å². The van der Waals surface area contributed by atoms with Crippen LogP contribution in [-0.2, 0) is 16.4 Å². The fourth-order valence-corrected chi connectivity index (χ4v) is 5.82. The maximum atomic E-state index is 13.1. The molecule has 0 saturated carbocycles. The van der Waals surface area contributed by atoms with Gasteiger partial charge in [0.1, 0.15) is 0 Å². The lowest BCUT2D eigenvalue weighted by Crippen LogP contribution is -2.39. The Kier molecular flexibility index (Phi) is 4.81. The van der Waals surface area contributed by atoms with Crippen LogP contribution in [0.15, 0.2) is 34.5 Å². The second-order valence-electron chi connectivity index (χ2n) is 5.68. The predicted octanol–water partition coefficient (Wildman–Crippen LogP) is 3.36. The van der Waals surface area contributed by atoms with Gasteiger partial charge in [0.05, 0.1) is 23.0 Å². The largest absolute Gasteiger partial charge is 0.490 e. The average Bonchev–Trinajstić information content (AvgIpc) is 3.08. The van der Waals surface area contributed by atoms with Crippen LogP contribution >= 0.6 is 11.3 Å². The van der Waals surface area contributed by atoms with E-state index >= 15 is 0 Å². The summed E-state index contributed by atoms with van der Waals surface area (Å²) in [4.78, 5) is 11.7. The number of nitro benzene ring substituents is 1. The molecule has 0 saturated heterocycles. The normalized spacial score (nSPS) is 17.9. The van der Waals surface area contributed by atoms with Crippen LogP contribution in [0.2, 0.25) is 0 Å². The second-order valence-corrected chi connectivity index (χ2v) is 8.57. The zero-order chi connectivity index (χ0) is 18.2. The highest BCUT2D eigenvalue weighted by Crippen LogP contribution is 2.39. The van der Waals surface area contributed by atoms with Gasteiger partial charge in [0.15, 0.2) is 5.75 Å². The molecule has 134 valence electrons. The lowest BCUT2D eigenvalue weighted by atomic mass is 10.0. The highest BCUT2D eigenvalue weighted by molar-refractivity contribution is 7.89. The van der Waals surface area contributed by atoms with Gasteiger partial charge in [-0.05, 0) is 42.0 Å². The molecule has 0 aliphatic carbocycles. The van der Waals surface area contributed by atoms with Crippen molar-refractivity contribution in [2.24, 2.45) is 0 Å². The number of methoxy groups -OCH3 is 1. The highest BCUT2D eigenvalue weighted by Gasteiger charge is 2.36. The van der Waals surface area contributed by atoms with Crippen molar-refractivity contribution in [1.29, 1.82) is 0 Å². The molecule has 1 atom stereocenters. The average molecular weight is 382 g/mol. The molecule has 1 unspecified atom stereocenters. The summed E-state index contributed by atoms with van der Waals surface area (Å²) < 4.78 is 32.7. The molecule has 2 heterocycles. The van der Waals surface area contributed by atoms with E-state index in [0.717, 1.165) is 11.6 Å². The van der Waals surface area contributed by atoms with Crippen molar-refractivity contribution < 1.29 is 18.1 Å². The van der Waals surface area contributed by atoms with Crippen LogP contribution in [0.3, 0.4) is 0 Å². The number of sulfonamides is 1. The summed E-state index contributed by atoms with van der Waals surface area (Å²) in [6, 6.07) is 5.47. The first-order chi connectivity index (χ1) is 11.9. The van der Waals surface area contributed by atoms with Gasteiger partial charge in [-0.1, -0.05) is 6.92 Å². The van der Waals surface area contributed by atoms with Gasteiger partial charge < -0.3 is 4.74 Å². The van der Waals surface area contributed by atoms with E-state index in [2.05, 4.69) is 0 Å². The summed E-state index contributed by atoms with van der Waals surface area (Å²) in [7, 11) is -2.54. The van der Waals surface area contributed by atoms with E-state index in [9.17, 15) is 18.5 Å². The first-order valence-corrected chi connectivity index (χ1v) is 10.1. The molecule has 2 aromatic rings. The van der Waals surface area contributed by atoms with Crippen molar-refractivity contribution in [3.05, 3.63) is 50.2 Å². The summed E-state index contributed by atoms with van der Waals surface area (Å²) in [5, 5.41) is 13.2. The summed E-state index contributed by atoms with van der Waals surface area (Å²) >= 11 is 1.64. The Morgan fingerprint density at radius 1 is 1.40 bits per heavy atom. The number of nitrogens with zero attached hydrogens (tertiary/aromatic N) is 2. The number of ether oxygens (including phenoxy) is 1. The standard InChI is InChI=1S/C16H18N2O5S2/c1-3-13-12-7-9-24-16(12)6-8-17(13)25(21,22)11-4-5-15(23-2)14(10-11)18(19)20/h4-5,7,9-10,13H,3,6,8H2,1-2H3. The van der Waals surface area contributed by atoms with Gasteiger partial charge in [-0.2, -0.15) is 4.31 Å². The molecule has 0 fully saturated rings. The molecule has 1 aromatic heterocycles. The molecule has 1 aliphatic rings. The minimum Gasteiger partial charge on any atom is -0.490 e. The fraction of sp³-hybridized carbons (Fsp3) is 0.375. The Hall–Kier alpha value is -1.97. The zero-order valence-corrected chi connectivity index (χ0v) is 15.5. The minimum atomic E-state index is -3.85. The third-order valence-corrected chi connectivity index (χ3v) is 7.29. The molecule has 0 amide bonds. The van der Waals surface area contributed by atoms with Gasteiger partial charge in [-0.3, -0.25) is 10.1 Å². The van der Waals surface area contributed by atoms with E-state index in [4.69, 9.17) is 4.74 Å². The molecule has 0 radical (unpaired) electrons. The molecule has 3 rings (SSSR count). The van der Waals surface area contributed by atoms with E-state index in [1.165, 1.54) is 28.4 Å². The van der Waals surface area contributed by atoms with Gasteiger partial charge in [0, 0.05) is 17.5 Å². The second kappa shape index (κ2) is 6.74. The Bertz CT molecular complexity index is 907. The lowest BCUT2D eigenvalue weighted by molar-refractivity contribution is -0.386. The van der Waals surface area contributed by atoms with Gasteiger partial charge in [0.2, 0.25) is 10.0 Å². The van der Waals surface area contributed by atoms with Crippen molar-refractivity contribution in [2.75, 3.05) is 13.7 Å². The van der Waals surface area contributed by atoms with Gasteiger partial charge in [-0.15, -0.1) is 11.3 Å². The van der Waals surface area contributed by atoms with E-state index in [-0.39, 0.29) is 22.4 Å². The number of hydrogen-bond donors (Lipinski definition) is 0. The molecule has 9 heteroatoms. The van der Waals surface area contributed by atoms with Crippen molar-refractivity contribution in [3.8, 4) is 5.75 Å². The van der Waals surface area contributed by atoms with Crippen LogP contribution in [0.1, 0.15) is 29.8 Å². The molecule has 0 spiro atoms. The van der Waals surface area contributed by atoms with Crippen LogP contribution in [0, 0.1) is 10.1 Å². The molecule has 1 aliphatic heterocycles. The van der Waals surface area contributed by atoms with E-state index < -0.39 is 14.9 Å². The fourth-order valence-electron chi connectivity index (χ4n) is 3.19. The van der Waals surface area contributed by atoms with Crippen LogP contribution in [-0.4, -0.2) is 31.3 Å². The molecular weight excluding hydrogens is 364 g/mol. The first kappa shape index (κ1) is 17.8. The third kappa shape index (κ3) is 3.03. The van der Waals surface area contributed by atoms with Crippen molar-refractivity contribution >= 4 is 27.0 Å². The number of nitro groups is 1. The van der Waals surface area contributed by atoms with E-state index in [1.807, 2.05) is 18.4 Å². The molecule has 7 nitrogen and oxygen atoms in total. The Labute approximate surface area is 150 Å². The number of fused-ring (bicyclic) bond motifs is 1. The topological polar surface area (TPSA) is 89.8 Å². The minimum absolute atomic E-state index is 0.0368. The molecule has 1 aromatic carbocycles. The van der Waals surface area contributed by atoms with Crippen molar-refractivity contribution in [3.63, 3.8) is 0 Å². The Morgan fingerprint density at radius 2 is 2.16 bits per heavy atom. The third-order valence-electron chi connectivity index (χ3n) is 4.39. The number of benzene rings is 1. The summed E-state index contributed by atoms with van der Waals surface area (Å²) in [5.41, 5.74) is 0.676. The van der Waals surface area contributed by atoms with E-state index in [1.54, 1.807) is 11.3 Å². The first-order valence-electron chi connectivity index (χ1n) is 7.80. The van der Waals surface area contributed by atoms with Crippen LogP contribution in [0.4, 0.5) is 5.69 Å². The van der Waals surface area contributed by atoms with Crippen LogP contribution in [0.25, 0.3) is 0 Å². The van der Waals surface area contributed by atoms with Crippen LogP contribution < -0.4 is 4.74 Å². The quantitative estimate of drug-likeness (QED) is 0.584. The van der Waals surface area contributed by atoms with Crippen molar-refractivity contribution in [1.82, 2.24) is 4.31 Å². The number of thiophene rings is 1. The summed E-state index contributed by atoms with van der Waals surface area (Å²) in [5.74, 6) is 0.0368. The summed E-state index contributed by atoms with van der Waals surface area (Å²) in [6.07, 6.45) is 1.29. The van der Waals surface area contributed by atoms with Crippen LogP contribution in [0.5, 0.6) is 5.75 Å². The lowest BCUT2D eigenvalue weighted by Gasteiger charge is -2.34. The predicted molar refractivity (Wildman–Crippen MR) is 94.6 cm³/mol. The number of rotatable bonds is 5. The highest BCUT2D eigenvalue weighted by atomic mass is 32.2. The molecule has 25 heavy (non-hydrogen) atoms. The Balaban J connectivity index is 2.05. The smallest absolute Gasteiger partial charge is 0.312 e. The van der Waals surface area contributed by atoms with Gasteiger partial charge in [-0.25, -0.2) is 8.42 Å². The molecular formula is C16H18N2O5S2. The Morgan fingerprint density at radius 3 is 2.80 bits per heavy atom. The molecule has 0 bridgehead atoms. The zero-order valence-electron chi connectivity index (χ0n) is 13.8. The number of hydrogen-bond acceptors (Lipinski definition) is 6.